The summed E-state index contributed by atoms with van der Waals surface area (Å²) in [7, 11) is 0. The van der Waals surface area contributed by atoms with Gasteiger partial charge in [0.15, 0.2) is 0 Å². The Morgan fingerprint density at radius 2 is 1.97 bits per heavy atom. The molecule has 0 bridgehead atoms. The number of benzene rings is 2. The van der Waals surface area contributed by atoms with E-state index in [1.165, 1.54) is 18.2 Å². The lowest BCUT2D eigenvalue weighted by molar-refractivity contribution is -0.111. The summed E-state index contributed by atoms with van der Waals surface area (Å²) in [5.74, 6) is -0.166. The Labute approximate surface area is 176 Å². The van der Waals surface area contributed by atoms with E-state index in [0.717, 1.165) is 53.8 Å². The summed E-state index contributed by atoms with van der Waals surface area (Å²) in [4.78, 5) is 19.6. The molecule has 1 fully saturated rings. The minimum Gasteiger partial charge on any atom is -0.371 e. The monoisotopic (exact) mass is 405 g/mol. The van der Waals surface area contributed by atoms with Gasteiger partial charge < -0.3 is 10.2 Å². The smallest absolute Gasteiger partial charge is 0.248 e. The second kappa shape index (κ2) is 8.66. The van der Waals surface area contributed by atoms with Crippen molar-refractivity contribution in [1.82, 2.24) is 4.98 Å². The van der Waals surface area contributed by atoms with Crippen LogP contribution in [0.1, 0.15) is 31.0 Å². The van der Waals surface area contributed by atoms with E-state index in [0.29, 0.717) is 5.02 Å². The van der Waals surface area contributed by atoms with Crippen molar-refractivity contribution in [2.75, 3.05) is 23.3 Å². The van der Waals surface area contributed by atoms with Gasteiger partial charge in [-0.05, 0) is 60.9 Å². The van der Waals surface area contributed by atoms with Crippen molar-refractivity contribution >= 4 is 45.9 Å². The summed E-state index contributed by atoms with van der Waals surface area (Å²) < 4.78 is 0. The summed E-state index contributed by atoms with van der Waals surface area (Å²) in [6.45, 7) is 4.32. The Balaban J connectivity index is 1.56. The number of aromatic nitrogens is 1. The van der Waals surface area contributed by atoms with Crippen LogP contribution in [-0.2, 0) is 11.2 Å². The van der Waals surface area contributed by atoms with Gasteiger partial charge in [-0.1, -0.05) is 37.1 Å². The molecule has 5 heteroatoms. The third kappa shape index (κ3) is 4.60. The zero-order valence-electron chi connectivity index (χ0n) is 16.5. The molecule has 2 heterocycles. The van der Waals surface area contributed by atoms with Crippen LogP contribution in [0.15, 0.2) is 54.6 Å². The zero-order valence-corrected chi connectivity index (χ0v) is 17.2. The van der Waals surface area contributed by atoms with Crippen molar-refractivity contribution in [3.63, 3.8) is 0 Å². The van der Waals surface area contributed by atoms with Crippen LogP contribution in [-0.4, -0.2) is 24.0 Å². The number of rotatable bonds is 6. The lowest BCUT2D eigenvalue weighted by Gasteiger charge is -2.34. The fourth-order valence-corrected chi connectivity index (χ4v) is 3.60. The first-order valence-corrected chi connectivity index (χ1v) is 10.4. The van der Waals surface area contributed by atoms with Gasteiger partial charge in [-0.25, -0.2) is 0 Å². The molecule has 0 radical (unpaired) electrons. The zero-order chi connectivity index (χ0) is 20.2. The van der Waals surface area contributed by atoms with Crippen LogP contribution in [0.25, 0.3) is 17.0 Å². The maximum absolute atomic E-state index is 12.4. The first-order chi connectivity index (χ1) is 14.1. The number of fused-ring (bicyclic) bond motifs is 1. The van der Waals surface area contributed by atoms with Crippen LogP contribution >= 0.6 is 11.6 Å². The third-order valence-corrected chi connectivity index (χ3v) is 5.36. The van der Waals surface area contributed by atoms with Crippen molar-refractivity contribution in [1.29, 1.82) is 0 Å². The van der Waals surface area contributed by atoms with E-state index in [9.17, 15) is 4.79 Å². The predicted octanol–water partition coefficient (Wildman–Crippen LogP) is 5.70. The van der Waals surface area contributed by atoms with Crippen LogP contribution in [0.4, 0.5) is 11.4 Å². The van der Waals surface area contributed by atoms with Gasteiger partial charge in [0.05, 0.1) is 5.52 Å². The predicted molar refractivity (Wildman–Crippen MR) is 122 cm³/mol. The third-order valence-electron chi connectivity index (χ3n) is 5.11. The highest BCUT2D eigenvalue weighted by Crippen LogP contribution is 2.32. The fraction of sp³-hybridized carbons (Fsp3) is 0.250. The molecule has 148 valence electrons. The summed E-state index contributed by atoms with van der Waals surface area (Å²) in [5.41, 5.74) is 5.03. The van der Waals surface area contributed by atoms with Crippen LogP contribution in [0.2, 0.25) is 5.02 Å². The molecule has 4 rings (SSSR count). The Morgan fingerprint density at radius 3 is 2.66 bits per heavy atom. The molecule has 1 amide bonds. The van der Waals surface area contributed by atoms with E-state index in [2.05, 4.69) is 23.2 Å². The van der Waals surface area contributed by atoms with E-state index in [4.69, 9.17) is 16.6 Å². The van der Waals surface area contributed by atoms with Gasteiger partial charge in [0, 0.05) is 46.6 Å². The number of nitrogens with zero attached hydrogens (tertiary/aromatic N) is 2. The number of nitrogens with one attached hydrogen (secondary N) is 1. The quantitative estimate of drug-likeness (QED) is 0.535. The van der Waals surface area contributed by atoms with Crippen molar-refractivity contribution in [2.24, 2.45) is 0 Å². The standard InChI is InChI=1S/C24H24ClN3O/c1-2-4-19-16-23(28-13-3-14-28)21-15-20(10-11-22(21)26-19)27-24(29)12-7-17-5-8-18(25)9-6-17/h5-12,15-16H,2-4,13-14H2,1H3,(H,27,29)/b12-7+. The van der Waals surface area contributed by atoms with Crippen molar-refractivity contribution in [2.45, 2.75) is 26.2 Å². The number of amides is 1. The number of pyridine rings is 1. The van der Waals surface area contributed by atoms with Crippen LogP contribution in [0.3, 0.4) is 0 Å². The normalized spacial score (nSPS) is 13.7. The molecule has 0 atom stereocenters. The molecule has 0 aliphatic carbocycles. The number of carbonyl (C=O) groups excluding carboxylic acids is 1. The average Bonchev–Trinajstić information content (AvgIpc) is 2.67. The molecular formula is C24H24ClN3O. The Bertz CT molecular complexity index is 1060. The summed E-state index contributed by atoms with van der Waals surface area (Å²) in [5, 5.41) is 4.72. The number of carbonyl (C=O) groups is 1. The summed E-state index contributed by atoms with van der Waals surface area (Å²) >= 11 is 5.89. The van der Waals surface area contributed by atoms with Gasteiger partial charge in [0.2, 0.25) is 5.91 Å². The molecule has 3 aromatic rings. The minimum absolute atomic E-state index is 0.166. The molecule has 1 saturated heterocycles. The summed E-state index contributed by atoms with van der Waals surface area (Å²) in [6, 6.07) is 15.5. The number of aryl methyl sites for hydroxylation is 1. The minimum atomic E-state index is -0.166. The second-order valence-electron chi connectivity index (χ2n) is 7.33. The van der Waals surface area contributed by atoms with Gasteiger partial charge in [-0.2, -0.15) is 0 Å². The fourth-order valence-electron chi connectivity index (χ4n) is 3.47. The first kappa shape index (κ1) is 19.5. The molecule has 0 unspecified atom stereocenters. The topological polar surface area (TPSA) is 45.2 Å². The molecule has 2 aromatic carbocycles. The van der Waals surface area contributed by atoms with Crippen LogP contribution in [0, 0.1) is 0 Å². The van der Waals surface area contributed by atoms with Crippen LogP contribution in [0.5, 0.6) is 0 Å². The van der Waals surface area contributed by atoms with E-state index in [1.807, 2.05) is 30.3 Å². The maximum Gasteiger partial charge on any atom is 0.248 e. The average molecular weight is 406 g/mol. The highest BCUT2D eigenvalue weighted by molar-refractivity contribution is 6.30. The van der Waals surface area contributed by atoms with Crippen molar-refractivity contribution in [3.8, 4) is 0 Å². The number of hydrogen-bond donors (Lipinski definition) is 1. The van der Waals surface area contributed by atoms with E-state index < -0.39 is 0 Å². The van der Waals surface area contributed by atoms with Crippen molar-refractivity contribution in [3.05, 3.63) is 70.9 Å². The van der Waals surface area contributed by atoms with E-state index >= 15 is 0 Å². The Kier molecular flexibility index (Phi) is 5.81. The largest absolute Gasteiger partial charge is 0.371 e. The van der Waals surface area contributed by atoms with Gasteiger partial charge >= 0.3 is 0 Å². The summed E-state index contributed by atoms with van der Waals surface area (Å²) in [6.07, 6.45) is 6.58. The van der Waals surface area contributed by atoms with Gasteiger partial charge in [-0.15, -0.1) is 0 Å². The molecule has 1 aliphatic rings. The molecular weight excluding hydrogens is 382 g/mol. The SMILES string of the molecule is CCCc1cc(N2CCC2)c2cc(NC(=O)/C=C/c3ccc(Cl)cc3)ccc2n1. The van der Waals surface area contributed by atoms with Gasteiger partial charge in [-0.3, -0.25) is 9.78 Å². The highest BCUT2D eigenvalue weighted by atomic mass is 35.5. The van der Waals surface area contributed by atoms with E-state index in [-0.39, 0.29) is 5.91 Å². The van der Waals surface area contributed by atoms with Gasteiger partial charge in [0.25, 0.3) is 0 Å². The second-order valence-corrected chi connectivity index (χ2v) is 7.77. The number of anilines is 2. The maximum atomic E-state index is 12.4. The molecule has 1 aliphatic heterocycles. The Morgan fingerprint density at radius 1 is 1.17 bits per heavy atom. The molecule has 29 heavy (non-hydrogen) atoms. The first-order valence-electron chi connectivity index (χ1n) is 10.1. The molecule has 1 N–H and O–H groups in total. The lowest BCUT2D eigenvalue weighted by Crippen LogP contribution is -2.37. The number of halogens is 1. The Hall–Kier alpha value is -2.85. The molecule has 0 saturated carbocycles. The van der Waals surface area contributed by atoms with E-state index in [1.54, 1.807) is 18.2 Å². The number of hydrogen-bond acceptors (Lipinski definition) is 3. The van der Waals surface area contributed by atoms with Gasteiger partial charge in [0.1, 0.15) is 0 Å². The molecule has 4 nitrogen and oxygen atoms in total. The highest BCUT2D eigenvalue weighted by Gasteiger charge is 2.18. The molecule has 0 spiro atoms. The molecule has 1 aromatic heterocycles. The lowest BCUT2D eigenvalue weighted by atomic mass is 10.1. The van der Waals surface area contributed by atoms with Crippen LogP contribution < -0.4 is 10.2 Å². The van der Waals surface area contributed by atoms with Crippen molar-refractivity contribution < 1.29 is 4.79 Å².